The van der Waals surface area contributed by atoms with Crippen molar-refractivity contribution in [3.8, 4) is 0 Å². The average Bonchev–Trinajstić information content (AvgIpc) is 2.82. The van der Waals surface area contributed by atoms with E-state index in [4.69, 9.17) is 11.6 Å². The van der Waals surface area contributed by atoms with Crippen molar-refractivity contribution >= 4 is 23.4 Å². The van der Waals surface area contributed by atoms with Crippen molar-refractivity contribution in [1.29, 1.82) is 0 Å². The van der Waals surface area contributed by atoms with Crippen LogP contribution in [0.1, 0.15) is 37.0 Å². The zero-order valence-electron chi connectivity index (χ0n) is 19.2. The lowest BCUT2D eigenvalue weighted by atomic mass is 10.0. The smallest absolute Gasteiger partial charge is 0.243 e. The van der Waals surface area contributed by atoms with E-state index in [0.29, 0.717) is 18.0 Å². The highest BCUT2D eigenvalue weighted by molar-refractivity contribution is 6.30. The van der Waals surface area contributed by atoms with Crippen LogP contribution in [0, 0.1) is 0 Å². The topological polar surface area (TPSA) is 49.4 Å². The average molecular weight is 463 g/mol. The molecule has 0 heterocycles. The highest BCUT2D eigenvalue weighted by Gasteiger charge is 2.31. The van der Waals surface area contributed by atoms with Gasteiger partial charge in [-0.25, -0.2) is 0 Å². The maximum Gasteiger partial charge on any atom is 0.243 e. The van der Waals surface area contributed by atoms with Crippen LogP contribution in [-0.2, 0) is 29.0 Å². The molecular weight excluding hydrogens is 432 g/mol. The molecule has 5 heteroatoms. The largest absolute Gasteiger partial charge is 0.352 e. The molecule has 2 amide bonds. The zero-order chi connectivity index (χ0) is 23.6. The van der Waals surface area contributed by atoms with E-state index >= 15 is 0 Å². The Hall–Kier alpha value is -3.11. The minimum absolute atomic E-state index is 0.0213. The molecule has 0 saturated carbocycles. The van der Waals surface area contributed by atoms with Gasteiger partial charge in [-0.2, -0.15) is 0 Å². The molecule has 0 aromatic heterocycles. The summed E-state index contributed by atoms with van der Waals surface area (Å²) in [6.07, 6.45) is 1.48. The van der Waals surface area contributed by atoms with Gasteiger partial charge in [0, 0.05) is 24.0 Å². The van der Waals surface area contributed by atoms with Crippen LogP contribution < -0.4 is 5.32 Å². The maximum absolute atomic E-state index is 13.6. The molecule has 3 aromatic carbocycles. The number of carbonyl (C=O) groups excluding carboxylic acids is 2. The lowest BCUT2D eigenvalue weighted by molar-refractivity contribution is -0.141. The summed E-state index contributed by atoms with van der Waals surface area (Å²) in [6.45, 7) is 4.31. The molecule has 0 saturated heterocycles. The van der Waals surface area contributed by atoms with E-state index in [9.17, 15) is 9.59 Å². The summed E-state index contributed by atoms with van der Waals surface area (Å²) in [5.74, 6) is -0.238. The number of amides is 2. The lowest BCUT2D eigenvalue weighted by Crippen LogP contribution is -2.52. The van der Waals surface area contributed by atoms with Gasteiger partial charge in [-0.3, -0.25) is 9.59 Å². The Balaban J connectivity index is 1.96. The predicted octanol–water partition coefficient (Wildman–Crippen LogP) is 5.44. The van der Waals surface area contributed by atoms with Crippen LogP contribution in [0.2, 0.25) is 5.02 Å². The number of hydrogen-bond acceptors (Lipinski definition) is 2. The molecule has 2 unspecified atom stereocenters. The molecule has 172 valence electrons. The minimum atomic E-state index is -0.642. The Bertz CT molecular complexity index is 1040. The van der Waals surface area contributed by atoms with Crippen LogP contribution in [0.25, 0.3) is 0 Å². The van der Waals surface area contributed by atoms with Crippen molar-refractivity contribution in [2.45, 2.75) is 51.7 Å². The third-order valence-corrected chi connectivity index (χ3v) is 5.95. The molecule has 0 aliphatic carbocycles. The standard InChI is InChI=1S/C28H31ClN2O2/c1-3-21(2)30-28(33)26(18-22-11-6-4-7-12-22)31(20-24-15-10-16-25(29)17-24)27(32)19-23-13-8-5-9-14-23/h4-17,21,26H,3,18-20H2,1-2H3,(H,30,33). The first-order valence-electron chi connectivity index (χ1n) is 11.4. The van der Waals surface area contributed by atoms with Crippen LogP contribution >= 0.6 is 11.6 Å². The molecule has 0 bridgehead atoms. The molecule has 1 N–H and O–H groups in total. The molecular formula is C28H31ClN2O2. The second-order valence-electron chi connectivity index (χ2n) is 8.34. The Morgan fingerprint density at radius 3 is 2.09 bits per heavy atom. The van der Waals surface area contributed by atoms with Crippen molar-refractivity contribution in [2.24, 2.45) is 0 Å². The maximum atomic E-state index is 13.6. The van der Waals surface area contributed by atoms with Crippen molar-refractivity contribution in [3.63, 3.8) is 0 Å². The molecule has 0 aliphatic rings. The summed E-state index contributed by atoms with van der Waals surface area (Å²) in [5, 5.41) is 3.69. The quantitative estimate of drug-likeness (QED) is 0.436. The minimum Gasteiger partial charge on any atom is -0.352 e. The molecule has 3 rings (SSSR count). The molecule has 3 aromatic rings. The van der Waals surface area contributed by atoms with E-state index in [2.05, 4.69) is 5.32 Å². The summed E-state index contributed by atoms with van der Waals surface area (Å²) >= 11 is 6.21. The van der Waals surface area contributed by atoms with Crippen molar-refractivity contribution in [2.75, 3.05) is 0 Å². The first-order chi connectivity index (χ1) is 16.0. The fourth-order valence-corrected chi connectivity index (χ4v) is 3.91. The van der Waals surface area contributed by atoms with E-state index in [1.54, 1.807) is 11.0 Å². The van der Waals surface area contributed by atoms with Gasteiger partial charge in [0.05, 0.1) is 6.42 Å². The molecule has 0 fully saturated rings. The molecule has 2 atom stereocenters. The van der Waals surface area contributed by atoms with Gasteiger partial charge in [0.1, 0.15) is 6.04 Å². The van der Waals surface area contributed by atoms with Gasteiger partial charge >= 0.3 is 0 Å². The van der Waals surface area contributed by atoms with E-state index in [1.807, 2.05) is 92.7 Å². The number of nitrogens with one attached hydrogen (secondary N) is 1. The predicted molar refractivity (Wildman–Crippen MR) is 134 cm³/mol. The molecule has 33 heavy (non-hydrogen) atoms. The lowest BCUT2D eigenvalue weighted by Gasteiger charge is -2.32. The summed E-state index contributed by atoms with van der Waals surface area (Å²) < 4.78 is 0. The zero-order valence-corrected chi connectivity index (χ0v) is 20.0. The van der Waals surface area contributed by atoms with Crippen molar-refractivity contribution in [3.05, 3.63) is 107 Å². The Morgan fingerprint density at radius 2 is 1.48 bits per heavy atom. The molecule has 0 aliphatic heterocycles. The van der Waals surface area contributed by atoms with E-state index < -0.39 is 6.04 Å². The van der Waals surface area contributed by atoms with Crippen LogP contribution in [0.4, 0.5) is 0 Å². The fraction of sp³-hybridized carbons (Fsp3) is 0.286. The van der Waals surface area contributed by atoms with E-state index in [-0.39, 0.29) is 24.3 Å². The van der Waals surface area contributed by atoms with Gasteiger partial charge in [0.25, 0.3) is 0 Å². The summed E-state index contributed by atoms with van der Waals surface area (Å²) in [4.78, 5) is 28.7. The number of halogens is 1. The second-order valence-corrected chi connectivity index (χ2v) is 8.77. The summed E-state index contributed by atoms with van der Waals surface area (Å²) in [7, 11) is 0. The van der Waals surface area contributed by atoms with Gasteiger partial charge in [0.2, 0.25) is 11.8 Å². The van der Waals surface area contributed by atoms with Gasteiger partial charge in [-0.05, 0) is 42.2 Å². The third kappa shape index (κ3) is 7.47. The van der Waals surface area contributed by atoms with Crippen LogP contribution in [0.5, 0.6) is 0 Å². The first-order valence-corrected chi connectivity index (χ1v) is 11.8. The van der Waals surface area contributed by atoms with Crippen LogP contribution in [0.15, 0.2) is 84.9 Å². The molecule has 0 radical (unpaired) electrons. The van der Waals surface area contributed by atoms with Crippen LogP contribution in [-0.4, -0.2) is 28.8 Å². The Kier molecular flexibility index (Phi) is 9.08. The molecule has 0 spiro atoms. The SMILES string of the molecule is CCC(C)NC(=O)C(Cc1ccccc1)N(Cc1cccc(Cl)c1)C(=O)Cc1ccccc1. The van der Waals surface area contributed by atoms with Crippen molar-refractivity contribution in [1.82, 2.24) is 10.2 Å². The number of carbonyl (C=O) groups is 2. The second kappa shape index (κ2) is 12.2. The number of nitrogens with zero attached hydrogens (tertiary/aromatic N) is 1. The number of hydrogen-bond donors (Lipinski definition) is 1. The van der Waals surface area contributed by atoms with Crippen molar-refractivity contribution < 1.29 is 9.59 Å². The first kappa shape index (κ1) is 24.5. The normalized spacial score (nSPS) is 12.6. The highest BCUT2D eigenvalue weighted by Crippen LogP contribution is 2.19. The summed E-state index contributed by atoms with van der Waals surface area (Å²) in [5.41, 5.74) is 2.81. The fourth-order valence-electron chi connectivity index (χ4n) is 3.70. The van der Waals surface area contributed by atoms with Crippen LogP contribution in [0.3, 0.4) is 0 Å². The van der Waals surface area contributed by atoms with Gasteiger partial charge in [-0.1, -0.05) is 91.3 Å². The van der Waals surface area contributed by atoms with Gasteiger partial charge in [0.15, 0.2) is 0 Å². The third-order valence-electron chi connectivity index (χ3n) is 5.71. The Morgan fingerprint density at radius 1 is 0.879 bits per heavy atom. The van der Waals surface area contributed by atoms with Gasteiger partial charge in [-0.15, -0.1) is 0 Å². The highest BCUT2D eigenvalue weighted by atomic mass is 35.5. The van der Waals surface area contributed by atoms with E-state index in [0.717, 1.165) is 23.1 Å². The number of rotatable bonds is 10. The van der Waals surface area contributed by atoms with Gasteiger partial charge < -0.3 is 10.2 Å². The monoisotopic (exact) mass is 462 g/mol. The van der Waals surface area contributed by atoms with E-state index in [1.165, 1.54) is 0 Å². The Labute approximate surface area is 201 Å². The number of benzene rings is 3. The summed E-state index contributed by atoms with van der Waals surface area (Å²) in [6, 6.07) is 26.3. The molecule has 4 nitrogen and oxygen atoms in total.